The Morgan fingerprint density at radius 1 is 1.00 bits per heavy atom. The molecule has 0 radical (unpaired) electrons. The van der Waals surface area contributed by atoms with E-state index in [-0.39, 0.29) is 6.03 Å². The Labute approximate surface area is 188 Å². The van der Waals surface area contributed by atoms with E-state index in [9.17, 15) is 4.79 Å². The minimum atomic E-state index is -0.120. The van der Waals surface area contributed by atoms with Gasteiger partial charge in [0.25, 0.3) is 0 Å². The molecular weight excluding hydrogens is 404 g/mol. The Bertz CT molecular complexity index is 1030. The molecule has 1 aliphatic rings. The van der Waals surface area contributed by atoms with Crippen LogP contribution in [0.2, 0.25) is 0 Å². The number of aryl methyl sites for hydroxylation is 1. The van der Waals surface area contributed by atoms with Crippen molar-refractivity contribution in [2.75, 3.05) is 43.5 Å². The number of nitrogens with one attached hydrogen (secondary N) is 1. The van der Waals surface area contributed by atoms with Crippen molar-refractivity contribution in [1.29, 1.82) is 0 Å². The van der Waals surface area contributed by atoms with E-state index in [1.54, 1.807) is 25.4 Å². The number of amides is 2. The summed E-state index contributed by atoms with van der Waals surface area (Å²) < 4.78 is 11.0. The Kier molecular flexibility index (Phi) is 6.75. The number of anilines is 2. The predicted octanol–water partition coefficient (Wildman–Crippen LogP) is 4.80. The average Bonchev–Trinajstić information content (AvgIpc) is 2.85. The third kappa shape index (κ3) is 5.29. The van der Waals surface area contributed by atoms with Gasteiger partial charge in [-0.15, -0.1) is 0 Å². The highest BCUT2D eigenvalue weighted by atomic mass is 16.5. The predicted molar refractivity (Wildman–Crippen MR) is 126 cm³/mol. The highest BCUT2D eigenvalue weighted by molar-refractivity contribution is 5.89. The summed E-state index contributed by atoms with van der Waals surface area (Å²) in [7, 11) is 1.66. The number of hydrogen-bond donors (Lipinski definition) is 1. The number of carbonyl (C=O) groups is 1. The van der Waals surface area contributed by atoms with Crippen LogP contribution in [-0.2, 0) is 6.42 Å². The fourth-order valence-corrected chi connectivity index (χ4v) is 3.63. The number of hydrogen-bond acceptors (Lipinski definition) is 5. The number of ether oxygens (including phenoxy) is 2. The molecule has 2 heterocycles. The van der Waals surface area contributed by atoms with Crippen LogP contribution in [0.15, 0.2) is 66.9 Å². The molecule has 7 heteroatoms. The fourth-order valence-electron chi connectivity index (χ4n) is 3.63. The first-order valence-corrected chi connectivity index (χ1v) is 10.8. The minimum Gasteiger partial charge on any atom is -0.497 e. The van der Waals surface area contributed by atoms with Crippen molar-refractivity contribution >= 4 is 17.4 Å². The first-order valence-electron chi connectivity index (χ1n) is 10.8. The molecule has 0 bridgehead atoms. The number of nitrogens with zero attached hydrogens (tertiary/aromatic N) is 3. The van der Waals surface area contributed by atoms with Crippen molar-refractivity contribution in [2.45, 2.75) is 13.3 Å². The zero-order valence-electron chi connectivity index (χ0n) is 18.5. The Morgan fingerprint density at radius 2 is 1.78 bits per heavy atom. The molecule has 1 aliphatic heterocycles. The van der Waals surface area contributed by atoms with E-state index in [0.717, 1.165) is 36.7 Å². The van der Waals surface area contributed by atoms with Crippen molar-refractivity contribution in [1.82, 2.24) is 9.88 Å². The highest BCUT2D eigenvalue weighted by Gasteiger charge is 2.21. The number of pyridine rings is 1. The standard InChI is InChI=1S/C25H28N4O3/c1-3-19-5-4-6-23(17-19)32-24-12-7-20(18-26-24)27-25(30)29-15-13-28(14-16-29)21-8-10-22(31-2)11-9-21/h4-12,17-18H,3,13-16H2,1-2H3,(H,27,30). The van der Waals surface area contributed by atoms with Gasteiger partial charge in [0.1, 0.15) is 11.5 Å². The molecule has 1 aromatic heterocycles. The molecule has 7 nitrogen and oxygen atoms in total. The van der Waals surface area contributed by atoms with Crippen LogP contribution in [0.1, 0.15) is 12.5 Å². The minimum absolute atomic E-state index is 0.120. The molecule has 2 amide bonds. The molecule has 2 aromatic carbocycles. The summed E-state index contributed by atoms with van der Waals surface area (Å²) in [5.74, 6) is 2.08. The molecule has 0 atom stereocenters. The number of rotatable bonds is 6. The quantitative estimate of drug-likeness (QED) is 0.606. The molecule has 0 unspecified atom stereocenters. The molecule has 0 aliphatic carbocycles. The first kappa shape index (κ1) is 21.5. The van der Waals surface area contributed by atoms with Gasteiger partial charge in [0, 0.05) is 37.9 Å². The third-order valence-corrected chi connectivity index (χ3v) is 5.52. The van der Waals surface area contributed by atoms with Gasteiger partial charge < -0.3 is 24.6 Å². The molecule has 4 rings (SSSR count). The van der Waals surface area contributed by atoms with Gasteiger partial charge in [-0.05, 0) is 54.4 Å². The van der Waals surface area contributed by atoms with Crippen LogP contribution >= 0.6 is 0 Å². The first-order chi connectivity index (χ1) is 15.6. The lowest BCUT2D eigenvalue weighted by atomic mass is 10.2. The fraction of sp³-hybridized carbons (Fsp3) is 0.280. The molecule has 3 aromatic rings. The van der Waals surface area contributed by atoms with Gasteiger partial charge in [-0.25, -0.2) is 9.78 Å². The van der Waals surface area contributed by atoms with Crippen LogP contribution in [-0.4, -0.2) is 49.2 Å². The van der Waals surface area contributed by atoms with E-state index in [1.807, 2.05) is 47.4 Å². The zero-order valence-corrected chi connectivity index (χ0v) is 18.5. The summed E-state index contributed by atoms with van der Waals surface area (Å²) in [5, 5.41) is 2.92. The second-order valence-corrected chi connectivity index (χ2v) is 7.59. The lowest BCUT2D eigenvalue weighted by Crippen LogP contribution is -2.50. The number of piperazine rings is 1. The SMILES string of the molecule is CCc1cccc(Oc2ccc(NC(=O)N3CCN(c4ccc(OC)cc4)CC3)cn2)c1. The average molecular weight is 433 g/mol. The van der Waals surface area contributed by atoms with Gasteiger partial charge in [0.2, 0.25) is 5.88 Å². The molecular formula is C25H28N4O3. The molecule has 32 heavy (non-hydrogen) atoms. The Morgan fingerprint density at radius 3 is 2.44 bits per heavy atom. The van der Waals surface area contributed by atoms with Gasteiger partial charge in [-0.1, -0.05) is 19.1 Å². The van der Waals surface area contributed by atoms with Crippen LogP contribution in [0.3, 0.4) is 0 Å². The number of benzene rings is 2. The largest absolute Gasteiger partial charge is 0.497 e. The van der Waals surface area contributed by atoms with Crippen molar-refractivity contribution in [3.63, 3.8) is 0 Å². The number of methoxy groups -OCH3 is 1. The van der Waals surface area contributed by atoms with Crippen LogP contribution in [0, 0.1) is 0 Å². The lowest BCUT2D eigenvalue weighted by Gasteiger charge is -2.36. The molecule has 0 saturated carbocycles. The monoisotopic (exact) mass is 432 g/mol. The normalized spacial score (nSPS) is 13.6. The zero-order chi connectivity index (χ0) is 22.3. The van der Waals surface area contributed by atoms with E-state index in [0.29, 0.717) is 24.7 Å². The lowest BCUT2D eigenvalue weighted by molar-refractivity contribution is 0.208. The van der Waals surface area contributed by atoms with E-state index < -0.39 is 0 Å². The summed E-state index contributed by atoms with van der Waals surface area (Å²) in [6, 6.07) is 19.4. The number of aromatic nitrogens is 1. The van der Waals surface area contributed by atoms with Crippen LogP contribution in [0.5, 0.6) is 17.4 Å². The van der Waals surface area contributed by atoms with Crippen molar-refractivity contribution in [3.05, 3.63) is 72.4 Å². The number of carbonyl (C=O) groups excluding carboxylic acids is 1. The van der Waals surface area contributed by atoms with E-state index >= 15 is 0 Å². The van der Waals surface area contributed by atoms with Crippen LogP contribution < -0.4 is 19.7 Å². The van der Waals surface area contributed by atoms with E-state index in [1.165, 1.54) is 5.56 Å². The molecule has 0 spiro atoms. The molecule has 1 saturated heterocycles. The summed E-state index contributed by atoms with van der Waals surface area (Å²) in [6.07, 6.45) is 2.56. The maximum absolute atomic E-state index is 12.7. The topological polar surface area (TPSA) is 66.9 Å². The van der Waals surface area contributed by atoms with Gasteiger partial charge in [-0.3, -0.25) is 0 Å². The highest BCUT2D eigenvalue weighted by Crippen LogP contribution is 2.23. The number of urea groups is 1. The summed E-state index contributed by atoms with van der Waals surface area (Å²) >= 11 is 0. The molecule has 1 fully saturated rings. The van der Waals surface area contributed by atoms with Gasteiger partial charge in [0.05, 0.1) is 19.0 Å². The summed E-state index contributed by atoms with van der Waals surface area (Å²) in [5.41, 5.74) is 2.98. The van der Waals surface area contributed by atoms with Gasteiger partial charge in [-0.2, -0.15) is 0 Å². The molecule has 166 valence electrons. The summed E-state index contributed by atoms with van der Waals surface area (Å²) in [4.78, 5) is 21.1. The third-order valence-electron chi connectivity index (χ3n) is 5.52. The van der Waals surface area contributed by atoms with E-state index in [2.05, 4.69) is 28.2 Å². The second kappa shape index (κ2) is 10.0. The summed E-state index contributed by atoms with van der Waals surface area (Å²) in [6.45, 7) is 4.97. The van der Waals surface area contributed by atoms with Crippen molar-refractivity contribution in [2.24, 2.45) is 0 Å². The second-order valence-electron chi connectivity index (χ2n) is 7.59. The molecule has 1 N–H and O–H groups in total. The van der Waals surface area contributed by atoms with Crippen LogP contribution in [0.25, 0.3) is 0 Å². The Balaban J connectivity index is 1.28. The van der Waals surface area contributed by atoms with E-state index in [4.69, 9.17) is 9.47 Å². The van der Waals surface area contributed by atoms with Crippen LogP contribution in [0.4, 0.5) is 16.2 Å². The Hall–Kier alpha value is -3.74. The van der Waals surface area contributed by atoms with Gasteiger partial charge >= 0.3 is 6.03 Å². The smallest absolute Gasteiger partial charge is 0.322 e. The van der Waals surface area contributed by atoms with Crippen molar-refractivity contribution < 1.29 is 14.3 Å². The van der Waals surface area contributed by atoms with Crippen molar-refractivity contribution in [3.8, 4) is 17.4 Å². The maximum atomic E-state index is 12.7. The maximum Gasteiger partial charge on any atom is 0.322 e. The van der Waals surface area contributed by atoms with Gasteiger partial charge in [0.15, 0.2) is 0 Å².